The van der Waals surface area contributed by atoms with Crippen LogP contribution in [0.2, 0.25) is 0 Å². The second kappa shape index (κ2) is 5.02. The summed E-state index contributed by atoms with van der Waals surface area (Å²) < 4.78 is 86.0. The van der Waals surface area contributed by atoms with Crippen molar-refractivity contribution < 1.29 is 40.6 Å². The van der Waals surface area contributed by atoms with E-state index in [2.05, 4.69) is 19.2 Å². The van der Waals surface area contributed by atoms with Gasteiger partial charge in [-0.25, -0.2) is 4.98 Å². The standard InChI is InChI=1S/C9H7F6NO3/c1-17-4-3-5(8(10,11)12)16-7(18-2)6(4)19-9(13,14)15/h3H,1-2H3. The molecule has 0 aliphatic heterocycles. The molecule has 0 unspecified atom stereocenters. The minimum Gasteiger partial charge on any atom is -0.493 e. The molecule has 0 saturated heterocycles. The van der Waals surface area contributed by atoms with Gasteiger partial charge in [0.15, 0.2) is 11.4 Å². The van der Waals surface area contributed by atoms with Crippen LogP contribution in [-0.4, -0.2) is 25.6 Å². The van der Waals surface area contributed by atoms with E-state index in [1.165, 1.54) is 0 Å². The largest absolute Gasteiger partial charge is 0.573 e. The molecule has 0 bridgehead atoms. The van der Waals surface area contributed by atoms with E-state index in [0.717, 1.165) is 14.2 Å². The Bertz CT molecular complexity index is 431. The zero-order valence-electron chi connectivity index (χ0n) is 9.52. The Morgan fingerprint density at radius 1 is 1.00 bits per heavy atom. The fourth-order valence-electron chi connectivity index (χ4n) is 1.13. The Balaban J connectivity index is 3.38. The van der Waals surface area contributed by atoms with E-state index in [0.29, 0.717) is 0 Å². The monoisotopic (exact) mass is 291 g/mol. The molecule has 0 atom stereocenters. The SMILES string of the molecule is COc1cc(C(F)(F)F)nc(OC)c1OC(F)(F)F. The van der Waals surface area contributed by atoms with Crippen LogP contribution >= 0.6 is 0 Å². The van der Waals surface area contributed by atoms with Crippen LogP contribution in [0.1, 0.15) is 5.69 Å². The summed E-state index contributed by atoms with van der Waals surface area (Å²) in [7, 11) is 1.74. The van der Waals surface area contributed by atoms with Crippen LogP contribution in [0, 0.1) is 0 Å². The van der Waals surface area contributed by atoms with E-state index >= 15 is 0 Å². The predicted octanol–water partition coefficient (Wildman–Crippen LogP) is 3.02. The summed E-state index contributed by atoms with van der Waals surface area (Å²) in [6, 6.07) is 0.281. The molecule has 0 radical (unpaired) electrons. The summed E-state index contributed by atoms with van der Waals surface area (Å²) in [4.78, 5) is 2.90. The fraction of sp³-hybridized carbons (Fsp3) is 0.444. The highest BCUT2D eigenvalue weighted by atomic mass is 19.4. The van der Waals surface area contributed by atoms with Gasteiger partial charge in [0.25, 0.3) is 5.88 Å². The molecule has 1 heterocycles. The normalized spacial score (nSPS) is 12.2. The van der Waals surface area contributed by atoms with Gasteiger partial charge in [-0.1, -0.05) is 0 Å². The molecular weight excluding hydrogens is 284 g/mol. The maximum absolute atomic E-state index is 12.5. The smallest absolute Gasteiger partial charge is 0.493 e. The maximum Gasteiger partial charge on any atom is 0.573 e. The summed E-state index contributed by atoms with van der Waals surface area (Å²) in [5.41, 5.74) is -1.46. The number of rotatable bonds is 3. The van der Waals surface area contributed by atoms with Gasteiger partial charge in [-0.15, -0.1) is 13.2 Å². The van der Waals surface area contributed by atoms with E-state index in [1.54, 1.807) is 0 Å². The Morgan fingerprint density at radius 2 is 1.58 bits per heavy atom. The first-order valence-corrected chi connectivity index (χ1v) is 4.54. The zero-order chi connectivity index (χ0) is 14.8. The van der Waals surface area contributed by atoms with Crippen LogP contribution in [-0.2, 0) is 6.18 Å². The number of ether oxygens (including phenoxy) is 3. The first-order chi connectivity index (χ1) is 8.58. The molecule has 108 valence electrons. The Hall–Kier alpha value is -1.87. The number of hydrogen-bond donors (Lipinski definition) is 0. The summed E-state index contributed by atoms with van der Waals surface area (Å²) in [6.07, 6.45) is -9.99. The number of aromatic nitrogens is 1. The van der Waals surface area contributed by atoms with Gasteiger partial charge >= 0.3 is 12.5 Å². The second-order valence-electron chi connectivity index (χ2n) is 3.09. The van der Waals surface area contributed by atoms with Crippen LogP contribution in [0.3, 0.4) is 0 Å². The van der Waals surface area contributed by atoms with Crippen molar-refractivity contribution in [2.24, 2.45) is 0 Å². The van der Waals surface area contributed by atoms with E-state index in [-0.39, 0.29) is 6.07 Å². The third-order valence-corrected chi connectivity index (χ3v) is 1.83. The third kappa shape index (κ3) is 3.80. The molecule has 4 nitrogen and oxygen atoms in total. The predicted molar refractivity (Wildman–Crippen MR) is 49.0 cm³/mol. The van der Waals surface area contributed by atoms with Crippen LogP contribution < -0.4 is 14.2 Å². The number of alkyl halides is 6. The summed E-state index contributed by atoms with van der Waals surface area (Å²) in [5.74, 6) is -2.86. The van der Waals surface area contributed by atoms with E-state index < -0.39 is 35.6 Å². The first kappa shape index (κ1) is 15.2. The molecule has 0 aromatic carbocycles. The molecule has 10 heteroatoms. The maximum atomic E-state index is 12.5. The molecule has 19 heavy (non-hydrogen) atoms. The van der Waals surface area contributed by atoms with Gasteiger partial charge in [-0.3, -0.25) is 0 Å². The average molecular weight is 291 g/mol. The molecule has 0 aliphatic rings. The lowest BCUT2D eigenvalue weighted by atomic mass is 10.3. The molecule has 0 fully saturated rings. The van der Waals surface area contributed by atoms with Crippen molar-refractivity contribution in [3.63, 3.8) is 0 Å². The summed E-state index contributed by atoms with van der Waals surface area (Å²) in [6.45, 7) is 0. The fourth-order valence-corrected chi connectivity index (χ4v) is 1.13. The van der Waals surface area contributed by atoms with Crippen molar-refractivity contribution in [1.82, 2.24) is 4.98 Å². The van der Waals surface area contributed by atoms with E-state index in [9.17, 15) is 26.3 Å². The molecule has 0 aliphatic carbocycles. The van der Waals surface area contributed by atoms with Crippen molar-refractivity contribution in [2.75, 3.05) is 14.2 Å². The number of hydrogen-bond acceptors (Lipinski definition) is 4. The lowest BCUT2D eigenvalue weighted by Crippen LogP contribution is -2.19. The van der Waals surface area contributed by atoms with Gasteiger partial charge in [-0.05, 0) is 0 Å². The molecule has 1 aromatic heterocycles. The van der Waals surface area contributed by atoms with Crippen molar-refractivity contribution in [3.05, 3.63) is 11.8 Å². The van der Waals surface area contributed by atoms with Crippen LogP contribution in [0.5, 0.6) is 17.4 Å². The second-order valence-corrected chi connectivity index (χ2v) is 3.09. The number of methoxy groups -OCH3 is 2. The van der Waals surface area contributed by atoms with Gasteiger partial charge in [0.2, 0.25) is 5.75 Å². The molecule has 0 amide bonds. The van der Waals surface area contributed by atoms with Gasteiger partial charge in [0.05, 0.1) is 14.2 Å². The van der Waals surface area contributed by atoms with Crippen LogP contribution in [0.25, 0.3) is 0 Å². The molecule has 0 spiro atoms. The van der Waals surface area contributed by atoms with Crippen molar-refractivity contribution in [1.29, 1.82) is 0 Å². The summed E-state index contributed by atoms with van der Waals surface area (Å²) >= 11 is 0. The van der Waals surface area contributed by atoms with Gasteiger partial charge < -0.3 is 14.2 Å². The zero-order valence-corrected chi connectivity index (χ0v) is 9.52. The third-order valence-electron chi connectivity index (χ3n) is 1.83. The minimum absolute atomic E-state index is 0.281. The highest BCUT2D eigenvalue weighted by molar-refractivity contribution is 5.49. The van der Waals surface area contributed by atoms with Gasteiger partial charge in [0.1, 0.15) is 0 Å². The highest BCUT2D eigenvalue weighted by Gasteiger charge is 2.39. The van der Waals surface area contributed by atoms with Crippen molar-refractivity contribution >= 4 is 0 Å². The molecule has 0 saturated carbocycles. The molecule has 1 aromatic rings. The summed E-state index contributed by atoms with van der Waals surface area (Å²) in [5, 5.41) is 0. The topological polar surface area (TPSA) is 40.6 Å². The lowest BCUT2D eigenvalue weighted by Gasteiger charge is -2.16. The van der Waals surface area contributed by atoms with Crippen LogP contribution in [0.4, 0.5) is 26.3 Å². The Kier molecular flexibility index (Phi) is 4.01. The Morgan fingerprint density at radius 3 is 1.95 bits per heavy atom. The minimum atomic E-state index is -5.12. The van der Waals surface area contributed by atoms with E-state index in [4.69, 9.17) is 0 Å². The Labute approximate surface area is 102 Å². The lowest BCUT2D eigenvalue weighted by molar-refractivity contribution is -0.275. The number of nitrogens with zero attached hydrogens (tertiary/aromatic N) is 1. The van der Waals surface area contributed by atoms with Crippen molar-refractivity contribution in [2.45, 2.75) is 12.5 Å². The molecular formula is C9H7F6NO3. The number of pyridine rings is 1. The highest BCUT2D eigenvalue weighted by Crippen LogP contribution is 2.42. The van der Waals surface area contributed by atoms with Crippen molar-refractivity contribution in [3.8, 4) is 17.4 Å². The number of halogens is 6. The molecule has 1 rings (SSSR count). The first-order valence-electron chi connectivity index (χ1n) is 4.54. The van der Waals surface area contributed by atoms with Crippen LogP contribution in [0.15, 0.2) is 6.07 Å². The molecule has 0 N–H and O–H groups in total. The average Bonchev–Trinajstić information content (AvgIpc) is 2.25. The van der Waals surface area contributed by atoms with E-state index in [1.807, 2.05) is 0 Å². The quantitative estimate of drug-likeness (QED) is 0.803. The van der Waals surface area contributed by atoms with Gasteiger partial charge in [-0.2, -0.15) is 13.2 Å². The van der Waals surface area contributed by atoms with Gasteiger partial charge in [0, 0.05) is 6.07 Å².